The molecule has 1 aromatic carbocycles. The van der Waals surface area contributed by atoms with Gasteiger partial charge < -0.3 is 19.9 Å². The fraction of sp³-hybridized carbons (Fsp3) is 0.333. The fourth-order valence-corrected chi connectivity index (χ4v) is 1.64. The molecule has 6 nitrogen and oxygen atoms in total. The van der Waals surface area contributed by atoms with Crippen molar-refractivity contribution in [3.63, 3.8) is 0 Å². The minimum atomic E-state index is -1.59. The normalized spacial score (nSPS) is 19.2. The Kier molecular flexibility index (Phi) is 3.47. The van der Waals surface area contributed by atoms with Gasteiger partial charge in [-0.2, -0.15) is 0 Å². The van der Waals surface area contributed by atoms with Gasteiger partial charge in [0.15, 0.2) is 17.9 Å². The van der Waals surface area contributed by atoms with Crippen LogP contribution in [0.1, 0.15) is 6.92 Å². The Balaban J connectivity index is 2.17. The highest BCUT2D eigenvalue weighted by Gasteiger charge is 2.38. The lowest BCUT2D eigenvalue weighted by Gasteiger charge is -2.27. The number of carbonyl (C=O) groups excluding carboxylic acids is 2. The van der Waals surface area contributed by atoms with Crippen LogP contribution in [0.15, 0.2) is 24.3 Å². The second kappa shape index (κ2) is 5.05. The number of hydrogen-bond donors (Lipinski definition) is 2. The molecule has 2 N–H and O–H groups in total. The summed E-state index contributed by atoms with van der Waals surface area (Å²) < 4.78 is 9.68. The summed E-state index contributed by atoms with van der Waals surface area (Å²) >= 11 is 0. The van der Waals surface area contributed by atoms with Crippen LogP contribution in [0.3, 0.4) is 0 Å². The van der Waals surface area contributed by atoms with E-state index in [1.165, 1.54) is 0 Å². The Labute approximate surface area is 104 Å². The number of nitrogens with one attached hydrogen (secondary N) is 1. The first-order valence-electron chi connectivity index (χ1n) is 5.55. The summed E-state index contributed by atoms with van der Waals surface area (Å²) in [7, 11) is 0. The zero-order valence-corrected chi connectivity index (χ0v) is 9.75. The molecule has 0 aromatic heterocycles. The van der Waals surface area contributed by atoms with Crippen LogP contribution in [-0.4, -0.2) is 35.8 Å². The number of para-hydroxylation sites is 2. The average molecular weight is 251 g/mol. The number of anilines is 1. The zero-order chi connectivity index (χ0) is 13.1. The van der Waals surface area contributed by atoms with E-state index >= 15 is 0 Å². The van der Waals surface area contributed by atoms with Crippen LogP contribution in [0.2, 0.25) is 0 Å². The molecule has 0 saturated carbocycles. The van der Waals surface area contributed by atoms with Crippen LogP contribution < -0.4 is 10.1 Å². The van der Waals surface area contributed by atoms with Gasteiger partial charge in [0, 0.05) is 0 Å². The maximum atomic E-state index is 11.7. The van der Waals surface area contributed by atoms with E-state index < -0.39 is 24.1 Å². The average Bonchev–Trinajstić information content (AvgIpc) is 2.37. The SMILES string of the molecule is CCOC(=O)[C@H](O)[C@@H]1Nc2ccccc2OC1=O. The van der Waals surface area contributed by atoms with Gasteiger partial charge >= 0.3 is 11.9 Å². The molecule has 1 aliphatic heterocycles. The number of carbonyl (C=O) groups is 2. The van der Waals surface area contributed by atoms with E-state index in [1.54, 1.807) is 31.2 Å². The molecule has 1 aliphatic rings. The first-order valence-corrected chi connectivity index (χ1v) is 5.55. The Bertz CT molecular complexity index is 473. The lowest BCUT2D eigenvalue weighted by Crippen LogP contribution is -2.49. The van der Waals surface area contributed by atoms with Crippen LogP contribution in [-0.2, 0) is 14.3 Å². The van der Waals surface area contributed by atoms with Crippen molar-refractivity contribution >= 4 is 17.6 Å². The van der Waals surface area contributed by atoms with Gasteiger partial charge in [0.05, 0.1) is 12.3 Å². The van der Waals surface area contributed by atoms with Crippen molar-refractivity contribution in [3.05, 3.63) is 24.3 Å². The zero-order valence-electron chi connectivity index (χ0n) is 9.75. The van der Waals surface area contributed by atoms with Crippen molar-refractivity contribution in [2.45, 2.75) is 19.1 Å². The van der Waals surface area contributed by atoms with E-state index in [1.807, 2.05) is 0 Å². The van der Waals surface area contributed by atoms with Crippen LogP contribution in [0, 0.1) is 0 Å². The topological polar surface area (TPSA) is 84.9 Å². The third-order valence-corrected chi connectivity index (χ3v) is 2.51. The summed E-state index contributed by atoms with van der Waals surface area (Å²) in [6, 6.07) is 5.62. The van der Waals surface area contributed by atoms with Crippen molar-refractivity contribution in [3.8, 4) is 5.75 Å². The second-order valence-corrected chi connectivity index (χ2v) is 3.74. The van der Waals surface area contributed by atoms with E-state index in [0.29, 0.717) is 11.4 Å². The first kappa shape index (κ1) is 12.4. The highest BCUT2D eigenvalue weighted by atomic mass is 16.6. The summed E-state index contributed by atoms with van der Waals surface area (Å²) in [4.78, 5) is 23.0. The Morgan fingerprint density at radius 2 is 2.28 bits per heavy atom. The van der Waals surface area contributed by atoms with E-state index in [2.05, 4.69) is 10.1 Å². The van der Waals surface area contributed by atoms with Gasteiger partial charge in [0.1, 0.15) is 0 Å². The molecule has 0 spiro atoms. The molecule has 18 heavy (non-hydrogen) atoms. The molecule has 0 unspecified atom stereocenters. The van der Waals surface area contributed by atoms with Crippen molar-refractivity contribution in [1.29, 1.82) is 0 Å². The monoisotopic (exact) mass is 251 g/mol. The Morgan fingerprint density at radius 1 is 1.56 bits per heavy atom. The molecule has 6 heteroatoms. The third-order valence-electron chi connectivity index (χ3n) is 2.51. The molecule has 0 radical (unpaired) electrons. The van der Waals surface area contributed by atoms with Crippen molar-refractivity contribution in [1.82, 2.24) is 0 Å². The summed E-state index contributed by atoms with van der Waals surface area (Å²) in [5, 5.41) is 12.5. The number of hydrogen-bond acceptors (Lipinski definition) is 6. The van der Waals surface area contributed by atoms with Gasteiger partial charge in [-0.05, 0) is 19.1 Å². The third kappa shape index (κ3) is 2.28. The maximum absolute atomic E-state index is 11.7. The molecular weight excluding hydrogens is 238 g/mol. The maximum Gasteiger partial charge on any atom is 0.337 e. The molecule has 0 saturated heterocycles. The Hall–Kier alpha value is -2.08. The number of fused-ring (bicyclic) bond motifs is 1. The highest BCUT2D eigenvalue weighted by molar-refractivity contribution is 5.92. The van der Waals surface area contributed by atoms with Crippen LogP contribution in [0.25, 0.3) is 0 Å². The number of rotatable bonds is 3. The molecule has 2 atom stereocenters. The van der Waals surface area contributed by atoms with Crippen molar-refractivity contribution < 1.29 is 24.2 Å². The number of aliphatic hydroxyl groups is 1. The van der Waals surface area contributed by atoms with E-state index in [-0.39, 0.29) is 6.61 Å². The van der Waals surface area contributed by atoms with Gasteiger partial charge in [-0.15, -0.1) is 0 Å². The van der Waals surface area contributed by atoms with E-state index in [4.69, 9.17) is 4.74 Å². The Morgan fingerprint density at radius 3 is 3.00 bits per heavy atom. The molecule has 1 heterocycles. The number of benzene rings is 1. The van der Waals surface area contributed by atoms with Gasteiger partial charge in [-0.1, -0.05) is 12.1 Å². The second-order valence-electron chi connectivity index (χ2n) is 3.74. The quantitative estimate of drug-likeness (QED) is 0.594. The molecule has 1 aromatic rings. The fourth-order valence-electron chi connectivity index (χ4n) is 1.64. The number of aliphatic hydroxyl groups excluding tert-OH is 1. The van der Waals surface area contributed by atoms with Crippen molar-refractivity contribution in [2.24, 2.45) is 0 Å². The molecule has 0 aliphatic carbocycles. The standard InChI is InChI=1S/C12H13NO5/c1-2-17-12(16)10(14)9-11(15)18-8-6-4-3-5-7(8)13-9/h3-6,9-10,13-14H,2H2,1H3/t9-,10+/m0/s1. The smallest absolute Gasteiger partial charge is 0.337 e. The van der Waals surface area contributed by atoms with Crippen LogP contribution in [0.4, 0.5) is 5.69 Å². The van der Waals surface area contributed by atoms with E-state index in [9.17, 15) is 14.7 Å². The lowest BCUT2D eigenvalue weighted by molar-refractivity contribution is -0.158. The molecule has 0 bridgehead atoms. The van der Waals surface area contributed by atoms with Gasteiger partial charge in [-0.25, -0.2) is 9.59 Å². The van der Waals surface area contributed by atoms with E-state index in [0.717, 1.165) is 0 Å². The largest absolute Gasteiger partial charge is 0.464 e. The predicted octanol–water partition coefficient (Wildman–Crippen LogP) is 0.310. The number of esters is 2. The molecule has 96 valence electrons. The van der Waals surface area contributed by atoms with Gasteiger partial charge in [0.2, 0.25) is 0 Å². The number of ether oxygens (including phenoxy) is 2. The van der Waals surface area contributed by atoms with Crippen LogP contribution >= 0.6 is 0 Å². The minimum absolute atomic E-state index is 0.133. The predicted molar refractivity (Wildman–Crippen MR) is 62.1 cm³/mol. The minimum Gasteiger partial charge on any atom is -0.464 e. The lowest BCUT2D eigenvalue weighted by atomic mass is 10.1. The molecule has 2 rings (SSSR count). The first-order chi connectivity index (χ1) is 8.63. The van der Waals surface area contributed by atoms with Crippen LogP contribution in [0.5, 0.6) is 5.75 Å². The van der Waals surface area contributed by atoms with Gasteiger partial charge in [0.25, 0.3) is 0 Å². The summed E-state index contributed by atoms with van der Waals surface area (Å²) in [5.74, 6) is -1.20. The summed E-state index contributed by atoms with van der Waals surface area (Å²) in [6.07, 6.45) is -1.59. The van der Waals surface area contributed by atoms with Crippen molar-refractivity contribution in [2.75, 3.05) is 11.9 Å². The molecule has 0 amide bonds. The highest BCUT2D eigenvalue weighted by Crippen LogP contribution is 2.29. The molecule has 0 fully saturated rings. The summed E-state index contributed by atoms with van der Waals surface area (Å²) in [5.41, 5.74) is 0.547. The van der Waals surface area contributed by atoms with Gasteiger partial charge in [-0.3, -0.25) is 0 Å². The summed E-state index contributed by atoms with van der Waals surface area (Å²) in [6.45, 7) is 1.75. The molecular formula is C12H13NO5.